The van der Waals surface area contributed by atoms with Crippen LogP contribution < -0.4 is 10.2 Å². The number of anilines is 2. The van der Waals surface area contributed by atoms with Gasteiger partial charge >= 0.3 is 0 Å². The van der Waals surface area contributed by atoms with Gasteiger partial charge in [0.15, 0.2) is 5.11 Å². The Kier molecular flexibility index (Phi) is 8.16. The van der Waals surface area contributed by atoms with Gasteiger partial charge in [-0.2, -0.15) is 0 Å². The van der Waals surface area contributed by atoms with E-state index in [1.54, 1.807) is 7.11 Å². The van der Waals surface area contributed by atoms with Crippen molar-refractivity contribution in [3.63, 3.8) is 0 Å². The van der Waals surface area contributed by atoms with Crippen molar-refractivity contribution in [1.82, 2.24) is 4.90 Å². The van der Waals surface area contributed by atoms with E-state index in [4.69, 9.17) is 28.6 Å². The molecular weight excluding hydrogens is 402 g/mol. The zero-order valence-corrected chi connectivity index (χ0v) is 18.9. The molecule has 29 heavy (non-hydrogen) atoms. The summed E-state index contributed by atoms with van der Waals surface area (Å²) >= 11 is 11.8. The minimum atomic E-state index is 0.693. The van der Waals surface area contributed by atoms with Crippen LogP contribution in [0, 0.1) is 0 Å². The highest BCUT2D eigenvalue weighted by atomic mass is 35.5. The van der Waals surface area contributed by atoms with Gasteiger partial charge in [0.2, 0.25) is 0 Å². The van der Waals surface area contributed by atoms with Gasteiger partial charge in [-0.15, -0.1) is 0 Å². The maximum Gasteiger partial charge on any atom is 0.173 e. The molecule has 0 bridgehead atoms. The maximum atomic E-state index is 6.11. The average molecular weight is 432 g/mol. The number of hydrogen-bond acceptors (Lipinski definition) is 3. The molecule has 156 valence electrons. The van der Waals surface area contributed by atoms with Crippen LogP contribution in [0.25, 0.3) is 0 Å². The van der Waals surface area contributed by atoms with Crippen molar-refractivity contribution in [3.05, 3.63) is 58.6 Å². The lowest BCUT2D eigenvalue weighted by Crippen LogP contribution is -2.35. The number of benzene rings is 2. The molecule has 0 amide bonds. The van der Waals surface area contributed by atoms with E-state index in [9.17, 15) is 0 Å². The van der Waals surface area contributed by atoms with E-state index < -0.39 is 0 Å². The van der Waals surface area contributed by atoms with Crippen molar-refractivity contribution in [2.45, 2.75) is 32.7 Å². The summed E-state index contributed by atoms with van der Waals surface area (Å²) in [5, 5.41) is 4.73. The molecule has 1 aliphatic heterocycles. The van der Waals surface area contributed by atoms with Crippen LogP contribution in [0.4, 0.5) is 11.4 Å². The molecule has 0 unspecified atom stereocenters. The molecule has 1 N–H and O–H groups in total. The van der Waals surface area contributed by atoms with Gasteiger partial charge < -0.3 is 19.9 Å². The Hall–Kier alpha value is -1.82. The summed E-state index contributed by atoms with van der Waals surface area (Å²) in [6, 6.07) is 14.5. The van der Waals surface area contributed by atoms with Crippen LogP contribution in [0.2, 0.25) is 5.02 Å². The zero-order chi connectivity index (χ0) is 20.6. The number of methoxy groups -OCH3 is 1. The summed E-state index contributed by atoms with van der Waals surface area (Å²) in [5.74, 6) is 0. The molecule has 6 heteroatoms. The minimum Gasteiger partial charge on any atom is -0.385 e. The Morgan fingerprint density at radius 2 is 2.14 bits per heavy atom. The van der Waals surface area contributed by atoms with E-state index in [2.05, 4.69) is 40.2 Å². The summed E-state index contributed by atoms with van der Waals surface area (Å²) in [6.07, 6.45) is 3.29. The van der Waals surface area contributed by atoms with Gasteiger partial charge in [-0.3, -0.25) is 0 Å². The minimum absolute atomic E-state index is 0.693. The molecule has 0 saturated carbocycles. The fourth-order valence-electron chi connectivity index (χ4n) is 3.80. The topological polar surface area (TPSA) is 27.7 Å². The first-order valence-electron chi connectivity index (χ1n) is 10.3. The number of thiocarbonyl (C=S) groups is 1. The molecule has 1 aliphatic rings. The van der Waals surface area contributed by atoms with Gasteiger partial charge in [0.05, 0.1) is 0 Å². The van der Waals surface area contributed by atoms with Crippen molar-refractivity contribution >= 4 is 40.3 Å². The monoisotopic (exact) mass is 431 g/mol. The van der Waals surface area contributed by atoms with Crippen LogP contribution in [0.3, 0.4) is 0 Å². The van der Waals surface area contributed by atoms with E-state index in [0.717, 1.165) is 44.7 Å². The predicted octanol–water partition coefficient (Wildman–Crippen LogP) is 5.35. The summed E-state index contributed by atoms with van der Waals surface area (Å²) in [5.41, 5.74) is 5.02. The molecule has 3 rings (SSSR count). The van der Waals surface area contributed by atoms with Crippen molar-refractivity contribution in [3.8, 4) is 0 Å². The number of nitrogens with one attached hydrogen (secondary N) is 1. The Morgan fingerprint density at radius 3 is 2.90 bits per heavy atom. The van der Waals surface area contributed by atoms with E-state index in [1.807, 2.05) is 24.3 Å². The summed E-state index contributed by atoms with van der Waals surface area (Å²) in [6.45, 7) is 6.75. The number of aryl methyl sites for hydroxylation is 1. The smallest absolute Gasteiger partial charge is 0.173 e. The maximum absolute atomic E-state index is 6.11. The normalized spacial score (nSPS) is 13.1. The molecular formula is C23H30ClN3OS. The van der Waals surface area contributed by atoms with Crippen LogP contribution >= 0.6 is 23.8 Å². The van der Waals surface area contributed by atoms with E-state index in [-0.39, 0.29) is 0 Å². The molecule has 0 aromatic heterocycles. The first-order chi connectivity index (χ1) is 14.1. The van der Waals surface area contributed by atoms with Crippen LogP contribution in [0.15, 0.2) is 42.5 Å². The van der Waals surface area contributed by atoms with Crippen molar-refractivity contribution < 1.29 is 4.74 Å². The van der Waals surface area contributed by atoms with Crippen molar-refractivity contribution in [1.29, 1.82) is 0 Å². The predicted molar refractivity (Wildman–Crippen MR) is 127 cm³/mol. The lowest BCUT2D eigenvalue weighted by atomic mass is 9.99. The number of rotatable bonds is 8. The summed E-state index contributed by atoms with van der Waals surface area (Å²) in [4.78, 5) is 4.67. The Balaban J connectivity index is 1.73. The molecule has 0 fully saturated rings. The number of ether oxygens (including phenoxy) is 1. The standard InChI is InChI=1S/C23H30ClN3OS/c1-3-26-12-5-7-19-15-18(10-11-22(19)26)17-27(13-6-14-28-2)23(29)25-21-9-4-8-20(24)16-21/h4,8-11,15-16H,3,5-7,12-14,17H2,1-2H3,(H,25,29). The third-order valence-electron chi connectivity index (χ3n) is 5.25. The largest absolute Gasteiger partial charge is 0.385 e. The number of fused-ring (bicyclic) bond motifs is 1. The van der Waals surface area contributed by atoms with Gasteiger partial charge in [0.25, 0.3) is 0 Å². The molecule has 0 radical (unpaired) electrons. The van der Waals surface area contributed by atoms with Crippen LogP contribution in [-0.2, 0) is 17.7 Å². The molecule has 2 aromatic rings. The fourth-order valence-corrected chi connectivity index (χ4v) is 4.26. The second-order valence-electron chi connectivity index (χ2n) is 7.35. The van der Waals surface area contributed by atoms with E-state index >= 15 is 0 Å². The third-order valence-corrected chi connectivity index (χ3v) is 5.85. The second kappa shape index (κ2) is 10.8. The summed E-state index contributed by atoms with van der Waals surface area (Å²) < 4.78 is 5.24. The Bertz CT molecular complexity index is 830. The molecule has 0 saturated heterocycles. The highest BCUT2D eigenvalue weighted by Gasteiger charge is 2.17. The average Bonchev–Trinajstić information content (AvgIpc) is 2.72. The molecule has 4 nitrogen and oxygen atoms in total. The SMILES string of the molecule is CCN1CCCc2cc(CN(CCCOC)C(=S)Nc3cccc(Cl)c3)ccc21. The van der Waals surface area contributed by atoms with Gasteiger partial charge in [0, 0.05) is 56.3 Å². The lowest BCUT2D eigenvalue weighted by Gasteiger charge is -2.31. The van der Waals surface area contributed by atoms with Gasteiger partial charge in [-0.1, -0.05) is 29.8 Å². The molecule has 0 spiro atoms. The number of nitrogens with zero attached hydrogens (tertiary/aromatic N) is 2. The number of halogens is 1. The Morgan fingerprint density at radius 1 is 1.28 bits per heavy atom. The highest BCUT2D eigenvalue weighted by molar-refractivity contribution is 7.80. The first kappa shape index (κ1) is 21.9. The van der Waals surface area contributed by atoms with Gasteiger partial charge in [-0.05, 0) is 73.8 Å². The van der Waals surface area contributed by atoms with Crippen LogP contribution in [-0.4, -0.2) is 43.4 Å². The number of hydrogen-bond donors (Lipinski definition) is 1. The molecule has 2 aromatic carbocycles. The lowest BCUT2D eigenvalue weighted by molar-refractivity contribution is 0.185. The Labute approximate surface area is 184 Å². The van der Waals surface area contributed by atoms with Crippen molar-refractivity contribution in [2.75, 3.05) is 43.6 Å². The van der Waals surface area contributed by atoms with Crippen LogP contribution in [0.5, 0.6) is 0 Å². The van der Waals surface area contributed by atoms with E-state index in [1.165, 1.54) is 23.2 Å². The molecule has 1 heterocycles. The fraction of sp³-hybridized carbons (Fsp3) is 0.435. The summed E-state index contributed by atoms with van der Waals surface area (Å²) in [7, 11) is 1.73. The molecule has 0 aliphatic carbocycles. The van der Waals surface area contributed by atoms with Crippen molar-refractivity contribution in [2.24, 2.45) is 0 Å². The second-order valence-corrected chi connectivity index (χ2v) is 8.18. The van der Waals surface area contributed by atoms with E-state index in [0.29, 0.717) is 16.7 Å². The highest BCUT2D eigenvalue weighted by Crippen LogP contribution is 2.28. The molecule has 0 atom stereocenters. The first-order valence-corrected chi connectivity index (χ1v) is 11.1. The van der Waals surface area contributed by atoms with Crippen LogP contribution in [0.1, 0.15) is 30.9 Å². The third kappa shape index (κ3) is 6.08. The van der Waals surface area contributed by atoms with Gasteiger partial charge in [-0.25, -0.2) is 0 Å². The zero-order valence-electron chi connectivity index (χ0n) is 17.3. The quantitative estimate of drug-likeness (QED) is 0.449. The van der Waals surface area contributed by atoms with Gasteiger partial charge in [0.1, 0.15) is 0 Å².